The van der Waals surface area contributed by atoms with E-state index in [1.54, 1.807) is 42.2 Å². The third-order valence-electron chi connectivity index (χ3n) is 8.82. The number of benzene rings is 2. The monoisotopic (exact) mass is 518 g/mol. The average Bonchev–Trinajstić information content (AvgIpc) is 3.42. The van der Waals surface area contributed by atoms with Crippen molar-refractivity contribution < 1.29 is 29.3 Å². The summed E-state index contributed by atoms with van der Waals surface area (Å²) >= 11 is 0. The largest absolute Gasteiger partial charge is 0.481 e. The van der Waals surface area contributed by atoms with Crippen LogP contribution in [0.15, 0.2) is 73.3 Å². The molecule has 0 aliphatic carbocycles. The maximum Gasteiger partial charge on any atom is 0.310 e. The van der Waals surface area contributed by atoms with Crippen molar-refractivity contribution in [1.82, 2.24) is 9.80 Å². The highest BCUT2D eigenvalue weighted by molar-refractivity contribution is 5.98. The van der Waals surface area contributed by atoms with Crippen LogP contribution in [0.3, 0.4) is 0 Å². The Morgan fingerprint density at radius 2 is 1.82 bits per heavy atom. The zero-order valence-corrected chi connectivity index (χ0v) is 21.7. The van der Waals surface area contributed by atoms with Gasteiger partial charge in [0.05, 0.1) is 24.2 Å². The van der Waals surface area contributed by atoms with Crippen LogP contribution < -0.4 is 0 Å². The van der Waals surface area contributed by atoms with Crippen LogP contribution in [0.25, 0.3) is 0 Å². The van der Waals surface area contributed by atoms with E-state index >= 15 is 0 Å². The molecule has 5 rings (SSSR count). The number of carbonyl (C=O) groups excluding carboxylic acids is 2. The van der Waals surface area contributed by atoms with Crippen molar-refractivity contribution >= 4 is 17.8 Å². The molecule has 3 aliphatic rings. The van der Waals surface area contributed by atoms with Crippen LogP contribution in [0.4, 0.5) is 0 Å². The quantitative estimate of drug-likeness (QED) is 0.494. The molecule has 3 heterocycles. The number of likely N-dealkylation sites (tertiary alicyclic amines) is 1. The second-order valence-corrected chi connectivity index (χ2v) is 10.9. The zero-order chi connectivity index (χ0) is 27.2. The lowest BCUT2D eigenvalue weighted by Crippen LogP contribution is -2.57. The number of ether oxygens (including phenoxy) is 1. The first kappa shape index (κ1) is 26.1. The van der Waals surface area contributed by atoms with E-state index in [0.29, 0.717) is 12.0 Å². The van der Waals surface area contributed by atoms with Crippen LogP contribution in [0.1, 0.15) is 37.4 Å². The fourth-order valence-electron chi connectivity index (χ4n) is 7.06. The molecule has 2 bridgehead atoms. The van der Waals surface area contributed by atoms with Crippen molar-refractivity contribution in [3.63, 3.8) is 0 Å². The lowest BCUT2D eigenvalue weighted by molar-refractivity contribution is -0.160. The summed E-state index contributed by atoms with van der Waals surface area (Å²) in [5.41, 5.74) is -0.823. The van der Waals surface area contributed by atoms with Gasteiger partial charge in [-0.05, 0) is 30.4 Å². The molecule has 3 aliphatic heterocycles. The van der Waals surface area contributed by atoms with E-state index in [4.69, 9.17) is 4.74 Å². The predicted octanol–water partition coefficient (Wildman–Crippen LogP) is 3.03. The Balaban J connectivity index is 1.65. The van der Waals surface area contributed by atoms with Gasteiger partial charge in [0.1, 0.15) is 17.6 Å². The molecular weight excluding hydrogens is 484 g/mol. The van der Waals surface area contributed by atoms with E-state index in [-0.39, 0.29) is 24.9 Å². The third-order valence-corrected chi connectivity index (χ3v) is 8.82. The van der Waals surface area contributed by atoms with Crippen molar-refractivity contribution in [2.75, 3.05) is 13.2 Å². The van der Waals surface area contributed by atoms with Crippen molar-refractivity contribution in [3.8, 4) is 0 Å². The van der Waals surface area contributed by atoms with Gasteiger partial charge >= 0.3 is 5.97 Å². The van der Waals surface area contributed by atoms with Gasteiger partial charge < -0.3 is 24.7 Å². The summed E-state index contributed by atoms with van der Waals surface area (Å²) in [5, 5.41) is 20.8. The SMILES string of the molecule is C=CCN(Cc1ccccc1)C(=O)C1N([C@H](CO)c2ccccc2)C(=O)[C@@H]2[C@@H](C(=O)O)[C@]3(C)OC12CC3C. The van der Waals surface area contributed by atoms with Crippen LogP contribution in [0.2, 0.25) is 0 Å². The van der Waals surface area contributed by atoms with E-state index in [1.807, 2.05) is 43.3 Å². The van der Waals surface area contributed by atoms with Crippen LogP contribution in [0.5, 0.6) is 0 Å². The predicted molar refractivity (Wildman–Crippen MR) is 140 cm³/mol. The number of hydrogen-bond acceptors (Lipinski definition) is 5. The second-order valence-electron chi connectivity index (χ2n) is 10.9. The Hall–Kier alpha value is -3.49. The summed E-state index contributed by atoms with van der Waals surface area (Å²) in [5.74, 6) is -4.24. The van der Waals surface area contributed by atoms with Crippen LogP contribution in [0, 0.1) is 17.8 Å². The minimum atomic E-state index is -1.32. The van der Waals surface area contributed by atoms with Gasteiger partial charge in [-0.3, -0.25) is 14.4 Å². The fourth-order valence-corrected chi connectivity index (χ4v) is 7.06. The van der Waals surface area contributed by atoms with Crippen LogP contribution in [-0.2, 0) is 25.7 Å². The number of carboxylic acids is 1. The Morgan fingerprint density at radius 3 is 2.39 bits per heavy atom. The van der Waals surface area contributed by atoms with Crippen molar-refractivity contribution in [2.24, 2.45) is 17.8 Å². The molecule has 2 N–H and O–H groups in total. The first-order valence-electron chi connectivity index (χ1n) is 13.0. The average molecular weight is 519 g/mol. The number of nitrogens with zero attached hydrogens (tertiary/aromatic N) is 2. The molecule has 8 heteroatoms. The van der Waals surface area contributed by atoms with Gasteiger partial charge in [-0.25, -0.2) is 0 Å². The molecule has 7 atom stereocenters. The molecular formula is C30H34N2O6. The van der Waals surface area contributed by atoms with Crippen LogP contribution in [-0.4, -0.2) is 68.2 Å². The number of aliphatic carboxylic acids is 1. The molecule has 0 aromatic heterocycles. The van der Waals surface area contributed by atoms with E-state index < -0.39 is 53.6 Å². The highest BCUT2D eigenvalue weighted by Gasteiger charge is 2.80. The zero-order valence-electron chi connectivity index (χ0n) is 21.7. The summed E-state index contributed by atoms with van der Waals surface area (Å²) in [6, 6.07) is 16.6. The molecule has 0 saturated carbocycles. The second kappa shape index (κ2) is 9.67. The molecule has 2 amide bonds. The van der Waals surface area contributed by atoms with Gasteiger partial charge in [0.2, 0.25) is 11.8 Å². The van der Waals surface area contributed by atoms with Gasteiger partial charge in [-0.1, -0.05) is 73.7 Å². The molecule has 2 aromatic carbocycles. The Morgan fingerprint density at radius 1 is 1.18 bits per heavy atom. The molecule has 3 saturated heterocycles. The maximum absolute atomic E-state index is 14.5. The van der Waals surface area contributed by atoms with Gasteiger partial charge in [-0.15, -0.1) is 6.58 Å². The normalized spacial score (nSPS) is 32.2. The molecule has 38 heavy (non-hydrogen) atoms. The van der Waals surface area contributed by atoms with Gasteiger partial charge in [0.25, 0.3) is 0 Å². The van der Waals surface area contributed by atoms with E-state index in [0.717, 1.165) is 5.56 Å². The van der Waals surface area contributed by atoms with Crippen molar-refractivity contribution in [1.29, 1.82) is 0 Å². The highest BCUT2D eigenvalue weighted by Crippen LogP contribution is 2.66. The number of aliphatic hydroxyl groups excluding tert-OH is 1. The summed E-state index contributed by atoms with van der Waals surface area (Å²) in [6.45, 7) is 7.59. The molecule has 3 unspecified atom stereocenters. The maximum atomic E-state index is 14.5. The van der Waals surface area contributed by atoms with Gasteiger partial charge in [0, 0.05) is 13.1 Å². The highest BCUT2D eigenvalue weighted by atomic mass is 16.5. The molecule has 1 spiro atoms. The number of carbonyl (C=O) groups is 3. The number of carboxylic acid groups (broad SMARTS) is 1. The minimum Gasteiger partial charge on any atom is -0.481 e. The van der Waals surface area contributed by atoms with Crippen molar-refractivity contribution in [3.05, 3.63) is 84.4 Å². The summed E-state index contributed by atoms with van der Waals surface area (Å²) in [7, 11) is 0. The minimum absolute atomic E-state index is 0.186. The lowest BCUT2D eigenvalue weighted by Gasteiger charge is -2.39. The molecule has 3 fully saturated rings. The number of amides is 2. The molecule has 200 valence electrons. The topological polar surface area (TPSA) is 107 Å². The standard InChI is InChI=1S/C30H34N2O6/c1-4-15-31(17-20-11-7-5-8-12-20)27(35)25-30-16-19(2)29(3,38-30)24(28(36)37)23(30)26(34)32(25)22(18-33)21-13-9-6-10-14-21/h4-14,19,22-25,33H,1,15-18H2,2-3H3,(H,36,37)/t19?,22-,23+,24+,25?,29-,30?/m1/s1. The van der Waals surface area contributed by atoms with Crippen LogP contribution >= 0.6 is 0 Å². The Kier molecular flexibility index (Phi) is 6.65. The smallest absolute Gasteiger partial charge is 0.310 e. The van der Waals surface area contributed by atoms with E-state index in [9.17, 15) is 24.6 Å². The summed E-state index contributed by atoms with van der Waals surface area (Å²) in [6.07, 6.45) is 2.01. The van der Waals surface area contributed by atoms with Crippen molar-refractivity contribution in [2.45, 2.75) is 50.1 Å². The lowest BCUT2D eigenvalue weighted by atomic mass is 9.62. The Labute approximate surface area is 222 Å². The molecule has 0 radical (unpaired) electrons. The first-order chi connectivity index (χ1) is 18.2. The number of hydrogen-bond donors (Lipinski definition) is 2. The van der Waals surface area contributed by atoms with E-state index in [1.165, 1.54) is 4.90 Å². The van der Waals surface area contributed by atoms with Gasteiger partial charge in [0.15, 0.2) is 0 Å². The fraction of sp³-hybridized carbons (Fsp3) is 0.433. The number of fused-ring (bicyclic) bond motifs is 1. The summed E-state index contributed by atoms with van der Waals surface area (Å²) < 4.78 is 6.60. The summed E-state index contributed by atoms with van der Waals surface area (Å²) in [4.78, 5) is 44.4. The van der Waals surface area contributed by atoms with E-state index in [2.05, 4.69) is 6.58 Å². The number of aliphatic hydroxyl groups is 1. The molecule has 2 aromatic rings. The first-order valence-corrected chi connectivity index (χ1v) is 13.0. The Bertz CT molecular complexity index is 1240. The third kappa shape index (κ3) is 3.77. The molecule has 8 nitrogen and oxygen atoms in total. The van der Waals surface area contributed by atoms with Gasteiger partial charge in [-0.2, -0.15) is 0 Å². The number of rotatable bonds is 9.